The molecule has 7 heteroatoms. The van der Waals surface area contributed by atoms with Crippen LogP contribution in [0.4, 0.5) is 5.69 Å². The number of para-hydroxylation sites is 1. The third-order valence-electron chi connectivity index (χ3n) is 7.49. The lowest BCUT2D eigenvalue weighted by Crippen LogP contribution is -2.59. The van der Waals surface area contributed by atoms with Gasteiger partial charge in [0.25, 0.3) is 0 Å². The highest BCUT2D eigenvalue weighted by Gasteiger charge is 2.46. The smallest absolute Gasteiger partial charge is 0.330 e. The van der Waals surface area contributed by atoms with Gasteiger partial charge >= 0.3 is 5.97 Å². The number of hydrogen-bond donors (Lipinski definition) is 3. The molecule has 0 saturated carbocycles. The maximum Gasteiger partial charge on any atom is 0.330 e. The number of primary amides is 1. The van der Waals surface area contributed by atoms with Gasteiger partial charge in [-0.15, -0.1) is 0 Å². The number of carboxylic acid groups (broad SMARTS) is 1. The number of nitrogens with zero attached hydrogens (tertiary/aromatic N) is 1. The van der Waals surface area contributed by atoms with Crippen LogP contribution in [0.2, 0.25) is 0 Å². The monoisotopic (exact) mass is 531 g/mol. The Hall–Kier alpha value is -2.41. The molecule has 5 N–H and O–H groups in total. The molecule has 0 aliphatic heterocycles. The highest BCUT2D eigenvalue weighted by Crippen LogP contribution is 2.34. The summed E-state index contributed by atoms with van der Waals surface area (Å²) in [5, 5.41) is 10.4. The van der Waals surface area contributed by atoms with Gasteiger partial charge in [-0.1, -0.05) is 128 Å². The summed E-state index contributed by atoms with van der Waals surface area (Å²) in [5.41, 5.74) is 9.95. The average Bonchev–Trinajstić information content (AvgIpc) is 2.91. The molecule has 0 fully saturated rings. The average molecular weight is 532 g/mol. The summed E-state index contributed by atoms with van der Waals surface area (Å²) in [7, 11) is 0. The SMILES string of the molecule is CCCCCCCCCCCCCCCCCC[C@@](CCC(N)=O)(C(=O)O)N(C(=O)CN)c1ccccc1. The van der Waals surface area contributed by atoms with Crippen molar-refractivity contribution in [1.29, 1.82) is 0 Å². The molecule has 1 aromatic carbocycles. The maximum atomic E-state index is 12.9. The van der Waals surface area contributed by atoms with Crippen molar-refractivity contribution in [2.75, 3.05) is 11.4 Å². The molecule has 1 atom stereocenters. The molecule has 0 aliphatic rings. The molecule has 0 aromatic heterocycles. The molecule has 0 bridgehead atoms. The number of nitrogens with two attached hydrogens (primary N) is 2. The summed E-state index contributed by atoms with van der Waals surface area (Å²) in [5.74, 6) is -2.21. The number of aliphatic carboxylic acids is 1. The second kappa shape index (κ2) is 20.5. The number of hydrogen-bond acceptors (Lipinski definition) is 4. The van der Waals surface area contributed by atoms with E-state index < -0.39 is 23.3 Å². The van der Waals surface area contributed by atoms with Crippen molar-refractivity contribution in [2.24, 2.45) is 11.5 Å². The molecule has 1 rings (SSSR count). The molecule has 7 nitrogen and oxygen atoms in total. The molecule has 0 unspecified atom stereocenters. The predicted octanol–water partition coefficient (Wildman–Crippen LogP) is 6.72. The van der Waals surface area contributed by atoms with E-state index >= 15 is 0 Å². The van der Waals surface area contributed by atoms with Crippen molar-refractivity contribution in [3.8, 4) is 0 Å². The summed E-state index contributed by atoms with van der Waals surface area (Å²) in [6.07, 6.45) is 19.7. The zero-order valence-electron chi connectivity index (χ0n) is 23.8. The fourth-order valence-electron chi connectivity index (χ4n) is 5.25. The Morgan fingerprint density at radius 3 is 1.58 bits per heavy atom. The van der Waals surface area contributed by atoms with Crippen molar-refractivity contribution < 1.29 is 19.5 Å². The molecule has 0 saturated heterocycles. The van der Waals surface area contributed by atoms with Crippen LogP contribution in [0.5, 0.6) is 0 Å². The van der Waals surface area contributed by atoms with Crippen LogP contribution in [0.1, 0.15) is 129 Å². The predicted molar refractivity (Wildman–Crippen MR) is 156 cm³/mol. The van der Waals surface area contributed by atoms with Crippen LogP contribution in [0, 0.1) is 0 Å². The summed E-state index contributed by atoms with van der Waals surface area (Å²) in [6, 6.07) is 8.70. The lowest BCUT2D eigenvalue weighted by molar-refractivity contribution is -0.146. The highest BCUT2D eigenvalue weighted by molar-refractivity contribution is 6.02. The Bertz CT molecular complexity index is 787. The number of carbonyl (C=O) groups is 3. The van der Waals surface area contributed by atoms with Gasteiger partial charge in [0, 0.05) is 12.1 Å². The molecule has 1 aromatic rings. The molecule has 0 heterocycles. The first kappa shape index (κ1) is 33.6. The standard InChI is InChI=1S/C31H53N3O4/c1-2-3-4-5-6-7-8-9-10-11-12-13-14-15-16-20-24-31(30(37)38,25-23-28(33)35)34(29(36)26-32)27-21-18-17-19-22-27/h17-19,21-22H,2-16,20,23-26,32H2,1H3,(H2,33,35)(H,37,38)/t31-/m1/s1. The molecule has 216 valence electrons. The zero-order valence-corrected chi connectivity index (χ0v) is 23.8. The fraction of sp³-hybridized carbons (Fsp3) is 0.710. The Labute approximate surface area is 230 Å². The van der Waals surface area contributed by atoms with E-state index in [9.17, 15) is 19.5 Å². The van der Waals surface area contributed by atoms with Crippen molar-refractivity contribution in [1.82, 2.24) is 0 Å². The number of carbonyl (C=O) groups excluding carboxylic acids is 2. The van der Waals surface area contributed by atoms with Crippen LogP contribution >= 0.6 is 0 Å². The quantitative estimate of drug-likeness (QED) is 0.128. The molecule has 2 amide bonds. The number of amides is 2. The van der Waals surface area contributed by atoms with E-state index in [-0.39, 0.29) is 25.8 Å². The zero-order chi connectivity index (χ0) is 28.1. The van der Waals surface area contributed by atoms with Crippen LogP contribution < -0.4 is 16.4 Å². The summed E-state index contributed by atoms with van der Waals surface area (Å²) >= 11 is 0. The van der Waals surface area contributed by atoms with E-state index in [0.717, 1.165) is 19.3 Å². The Morgan fingerprint density at radius 1 is 0.737 bits per heavy atom. The highest BCUT2D eigenvalue weighted by atomic mass is 16.4. The van der Waals surface area contributed by atoms with Gasteiger partial charge in [-0.3, -0.25) is 14.5 Å². The van der Waals surface area contributed by atoms with Crippen molar-refractivity contribution in [3.63, 3.8) is 0 Å². The number of rotatable bonds is 24. The molecule has 0 radical (unpaired) electrons. The lowest BCUT2D eigenvalue weighted by atomic mass is 9.84. The summed E-state index contributed by atoms with van der Waals surface area (Å²) in [6.45, 7) is 1.94. The molecular formula is C31H53N3O4. The van der Waals surface area contributed by atoms with E-state index in [2.05, 4.69) is 6.92 Å². The first-order chi connectivity index (χ1) is 18.4. The van der Waals surface area contributed by atoms with Gasteiger partial charge in [-0.2, -0.15) is 0 Å². The largest absolute Gasteiger partial charge is 0.479 e. The Morgan fingerprint density at radius 2 is 1.18 bits per heavy atom. The second-order valence-corrected chi connectivity index (χ2v) is 10.6. The van der Waals surface area contributed by atoms with Crippen molar-refractivity contribution in [3.05, 3.63) is 30.3 Å². The van der Waals surface area contributed by atoms with E-state index in [1.54, 1.807) is 30.3 Å². The van der Waals surface area contributed by atoms with E-state index in [1.807, 2.05) is 0 Å². The number of benzene rings is 1. The van der Waals surface area contributed by atoms with Gasteiger partial charge in [0.2, 0.25) is 11.8 Å². The first-order valence-corrected chi connectivity index (χ1v) is 15.0. The van der Waals surface area contributed by atoms with Gasteiger partial charge < -0.3 is 16.6 Å². The van der Waals surface area contributed by atoms with Crippen LogP contribution in [-0.2, 0) is 14.4 Å². The summed E-state index contributed by atoms with van der Waals surface area (Å²) in [4.78, 5) is 38.4. The number of unbranched alkanes of at least 4 members (excludes halogenated alkanes) is 15. The minimum atomic E-state index is -1.57. The van der Waals surface area contributed by atoms with Crippen LogP contribution in [-0.4, -0.2) is 35.0 Å². The topological polar surface area (TPSA) is 127 Å². The third-order valence-corrected chi connectivity index (χ3v) is 7.49. The fourth-order valence-corrected chi connectivity index (χ4v) is 5.25. The van der Waals surface area contributed by atoms with Crippen molar-refractivity contribution in [2.45, 2.75) is 134 Å². The third kappa shape index (κ3) is 12.9. The van der Waals surface area contributed by atoms with E-state index in [0.29, 0.717) is 12.1 Å². The molecule has 38 heavy (non-hydrogen) atoms. The van der Waals surface area contributed by atoms with Crippen molar-refractivity contribution >= 4 is 23.5 Å². The first-order valence-electron chi connectivity index (χ1n) is 15.0. The van der Waals surface area contributed by atoms with Crippen LogP contribution in [0.15, 0.2) is 30.3 Å². The maximum absolute atomic E-state index is 12.9. The second-order valence-electron chi connectivity index (χ2n) is 10.6. The van der Waals surface area contributed by atoms with E-state index in [1.165, 1.54) is 81.9 Å². The summed E-state index contributed by atoms with van der Waals surface area (Å²) < 4.78 is 0. The van der Waals surface area contributed by atoms with Gasteiger partial charge in [0.05, 0.1) is 6.54 Å². The lowest BCUT2D eigenvalue weighted by Gasteiger charge is -2.41. The van der Waals surface area contributed by atoms with Crippen LogP contribution in [0.3, 0.4) is 0 Å². The van der Waals surface area contributed by atoms with Crippen LogP contribution in [0.25, 0.3) is 0 Å². The van der Waals surface area contributed by atoms with Gasteiger partial charge in [-0.05, 0) is 25.0 Å². The van der Waals surface area contributed by atoms with Gasteiger partial charge in [-0.25, -0.2) is 4.79 Å². The number of anilines is 1. The molecule has 0 aliphatic carbocycles. The minimum absolute atomic E-state index is 0.0446. The molecule has 0 spiro atoms. The number of carboxylic acids is 1. The Balaban J connectivity index is 2.49. The Kier molecular flexibility index (Phi) is 18.2. The normalized spacial score (nSPS) is 12.7. The van der Waals surface area contributed by atoms with E-state index in [4.69, 9.17) is 11.5 Å². The minimum Gasteiger partial charge on any atom is -0.479 e. The molecular weight excluding hydrogens is 478 g/mol. The van der Waals surface area contributed by atoms with Gasteiger partial charge in [0.1, 0.15) is 5.54 Å². The van der Waals surface area contributed by atoms with Gasteiger partial charge in [0.15, 0.2) is 0 Å².